The maximum absolute atomic E-state index is 11.9. The highest BCUT2D eigenvalue weighted by atomic mass is 16.5. The van der Waals surface area contributed by atoms with Gasteiger partial charge in [0.05, 0.1) is 0 Å². The first-order valence-corrected chi connectivity index (χ1v) is 6.06. The van der Waals surface area contributed by atoms with Crippen molar-refractivity contribution in [2.45, 2.75) is 65.4 Å². The Morgan fingerprint density at radius 3 is 2.33 bits per heavy atom. The summed E-state index contributed by atoms with van der Waals surface area (Å²) in [6.45, 7) is 8.05. The van der Waals surface area contributed by atoms with Crippen LogP contribution in [0.2, 0.25) is 0 Å². The van der Waals surface area contributed by atoms with Crippen molar-refractivity contribution in [2.75, 3.05) is 7.11 Å². The number of hydrogen-bond donors (Lipinski definition) is 0. The SMILES string of the molecule is CCCCC(CC)CC(=O)C(C)(C)OC. The third-order valence-electron chi connectivity index (χ3n) is 3.20. The Morgan fingerprint density at radius 1 is 1.33 bits per heavy atom. The zero-order valence-electron chi connectivity index (χ0n) is 10.9. The molecule has 0 saturated carbocycles. The topological polar surface area (TPSA) is 26.3 Å². The molecule has 0 saturated heterocycles. The molecule has 0 fully saturated rings. The molecule has 15 heavy (non-hydrogen) atoms. The molecule has 0 heterocycles. The van der Waals surface area contributed by atoms with Gasteiger partial charge in [-0.1, -0.05) is 39.5 Å². The van der Waals surface area contributed by atoms with E-state index in [4.69, 9.17) is 4.74 Å². The molecule has 0 radical (unpaired) electrons. The fraction of sp³-hybridized carbons (Fsp3) is 0.923. The molecule has 0 bridgehead atoms. The Morgan fingerprint density at radius 2 is 1.93 bits per heavy atom. The van der Waals surface area contributed by atoms with E-state index in [0.717, 1.165) is 6.42 Å². The lowest BCUT2D eigenvalue weighted by Gasteiger charge is -2.24. The summed E-state index contributed by atoms with van der Waals surface area (Å²) in [5.41, 5.74) is -0.611. The van der Waals surface area contributed by atoms with Crippen LogP contribution in [-0.4, -0.2) is 18.5 Å². The summed E-state index contributed by atoms with van der Waals surface area (Å²) in [7, 11) is 1.60. The summed E-state index contributed by atoms with van der Waals surface area (Å²) in [5.74, 6) is 0.764. The zero-order chi connectivity index (χ0) is 11.9. The van der Waals surface area contributed by atoms with Gasteiger partial charge in [0.15, 0.2) is 5.78 Å². The third kappa shape index (κ3) is 5.31. The number of ether oxygens (including phenoxy) is 1. The number of ketones is 1. The van der Waals surface area contributed by atoms with Crippen molar-refractivity contribution in [1.29, 1.82) is 0 Å². The number of Topliss-reactive ketones (excluding diaryl/α,β-unsaturated/α-hetero) is 1. The van der Waals surface area contributed by atoms with Crippen LogP contribution in [0.15, 0.2) is 0 Å². The number of carbonyl (C=O) groups excluding carboxylic acids is 1. The molecule has 0 N–H and O–H groups in total. The minimum absolute atomic E-state index is 0.230. The van der Waals surface area contributed by atoms with Crippen molar-refractivity contribution in [2.24, 2.45) is 5.92 Å². The minimum Gasteiger partial charge on any atom is -0.371 e. The Hall–Kier alpha value is -0.370. The maximum atomic E-state index is 11.9. The van der Waals surface area contributed by atoms with Crippen LogP contribution in [-0.2, 0) is 9.53 Å². The molecule has 0 aromatic carbocycles. The van der Waals surface area contributed by atoms with E-state index in [2.05, 4.69) is 13.8 Å². The quantitative estimate of drug-likeness (QED) is 0.617. The van der Waals surface area contributed by atoms with Gasteiger partial charge in [0.1, 0.15) is 5.60 Å². The van der Waals surface area contributed by atoms with Crippen LogP contribution in [0.3, 0.4) is 0 Å². The molecular weight excluding hydrogens is 188 g/mol. The fourth-order valence-corrected chi connectivity index (χ4v) is 1.57. The highest BCUT2D eigenvalue weighted by Gasteiger charge is 2.28. The van der Waals surface area contributed by atoms with E-state index >= 15 is 0 Å². The van der Waals surface area contributed by atoms with Crippen LogP contribution in [0.5, 0.6) is 0 Å². The van der Waals surface area contributed by atoms with E-state index < -0.39 is 5.60 Å². The van der Waals surface area contributed by atoms with E-state index in [1.807, 2.05) is 13.8 Å². The van der Waals surface area contributed by atoms with Gasteiger partial charge in [-0.05, 0) is 19.8 Å². The Kier molecular flexibility index (Phi) is 6.82. The predicted molar refractivity (Wildman–Crippen MR) is 64.0 cm³/mol. The molecule has 2 nitrogen and oxygen atoms in total. The first-order chi connectivity index (χ1) is 6.97. The molecule has 1 unspecified atom stereocenters. The van der Waals surface area contributed by atoms with Crippen molar-refractivity contribution in [1.82, 2.24) is 0 Å². The Balaban J connectivity index is 4.12. The number of methoxy groups -OCH3 is 1. The van der Waals surface area contributed by atoms with Crippen LogP contribution >= 0.6 is 0 Å². The summed E-state index contributed by atoms with van der Waals surface area (Å²) < 4.78 is 5.20. The highest BCUT2D eigenvalue weighted by Crippen LogP contribution is 2.21. The van der Waals surface area contributed by atoms with E-state index in [1.54, 1.807) is 7.11 Å². The average molecular weight is 214 g/mol. The van der Waals surface area contributed by atoms with Crippen molar-refractivity contribution >= 4 is 5.78 Å². The van der Waals surface area contributed by atoms with Crippen molar-refractivity contribution in [3.63, 3.8) is 0 Å². The lowest BCUT2D eigenvalue weighted by molar-refractivity contribution is -0.138. The van der Waals surface area contributed by atoms with Crippen molar-refractivity contribution in [3.05, 3.63) is 0 Å². The first-order valence-electron chi connectivity index (χ1n) is 6.06. The van der Waals surface area contributed by atoms with E-state index in [-0.39, 0.29) is 5.78 Å². The third-order valence-corrected chi connectivity index (χ3v) is 3.20. The lowest BCUT2D eigenvalue weighted by atomic mass is 9.88. The monoisotopic (exact) mass is 214 g/mol. The lowest BCUT2D eigenvalue weighted by Crippen LogP contribution is -2.35. The Bertz CT molecular complexity index is 185. The number of rotatable bonds is 8. The van der Waals surface area contributed by atoms with Crippen LogP contribution in [0.25, 0.3) is 0 Å². The molecule has 0 aliphatic heterocycles. The van der Waals surface area contributed by atoms with Crippen LogP contribution in [0.1, 0.15) is 59.8 Å². The molecule has 0 rings (SSSR count). The number of carbonyl (C=O) groups is 1. The van der Waals surface area contributed by atoms with Crippen LogP contribution in [0, 0.1) is 5.92 Å². The number of unbranched alkanes of at least 4 members (excludes halogenated alkanes) is 1. The molecule has 0 spiro atoms. The van der Waals surface area contributed by atoms with Crippen molar-refractivity contribution < 1.29 is 9.53 Å². The first kappa shape index (κ1) is 14.6. The van der Waals surface area contributed by atoms with Gasteiger partial charge in [-0.2, -0.15) is 0 Å². The van der Waals surface area contributed by atoms with E-state index in [0.29, 0.717) is 12.3 Å². The van der Waals surface area contributed by atoms with Gasteiger partial charge in [-0.3, -0.25) is 4.79 Å². The van der Waals surface area contributed by atoms with E-state index in [1.165, 1.54) is 19.3 Å². The zero-order valence-corrected chi connectivity index (χ0v) is 10.9. The second-order valence-electron chi connectivity index (χ2n) is 4.76. The number of hydrogen-bond acceptors (Lipinski definition) is 2. The molecule has 0 aromatic heterocycles. The molecular formula is C13H26O2. The summed E-state index contributed by atoms with van der Waals surface area (Å²) in [5, 5.41) is 0. The summed E-state index contributed by atoms with van der Waals surface area (Å²) >= 11 is 0. The van der Waals surface area contributed by atoms with Gasteiger partial charge >= 0.3 is 0 Å². The second kappa shape index (κ2) is 7.00. The summed E-state index contributed by atoms with van der Waals surface area (Å²) in [6, 6.07) is 0. The van der Waals surface area contributed by atoms with Crippen LogP contribution < -0.4 is 0 Å². The van der Waals surface area contributed by atoms with Gasteiger partial charge in [0.25, 0.3) is 0 Å². The molecule has 0 aliphatic carbocycles. The molecule has 0 aliphatic rings. The normalized spacial score (nSPS) is 13.9. The molecule has 1 atom stereocenters. The van der Waals surface area contributed by atoms with Gasteiger partial charge < -0.3 is 4.74 Å². The highest BCUT2D eigenvalue weighted by molar-refractivity contribution is 5.86. The largest absolute Gasteiger partial charge is 0.371 e. The predicted octanol–water partition coefficient (Wildman–Crippen LogP) is 3.59. The maximum Gasteiger partial charge on any atom is 0.164 e. The minimum atomic E-state index is -0.611. The van der Waals surface area contributed by atoms with Crippen LogP contribution in [0.4, 0.5) is 0 Å². The molecule has 0 amide bonds. The second-order valence-corrected chi connectivity index (χ2v) is 4.76. The Labute approximate surface area is 94.4 Å². The van der Waals surface area contributed by atoms with Gasteiger partial charge in [0.2, 0.25) is 0 Å². The molecule has 0 aromatic rings. The smallest absolute Gasteiger partial charge is 0.164 e. The van der Waals surface area contributed by atoms with Gasteiger partial charge in [-0.15, -0.1) is 0 Å². The standard InChI is InChI=1S/C13H26O2/c1-6-8-9-11(7-2)10-12(14)13(3,4)15-5/h11H,6-10H2,1-5H3. The molecule has 2 heteroatoms. The summed E-state index contributed by atoms with van der Waals surface area (Å²) in [6.07, 6.45) is 5.35. The van der Waals surface area contributed by atoms with Gasteiger partial charge in [0, 0.05) is 13.5 Å². The molecule has 90 valence electrons. The van der Waals surface area contributed by atoms with E-state index in [9.17, 15) is 4.79 Å². The average Bonchev–Trinajstić information content (AvgIpc) is 2.23. The van der Waals surface area contributed by atoms with Crippen molar-refractivity contribution in [3.8, 4) is 0 Å². The summed E-state index contributed by atoms with van der Waals surface area (Å²) in [4.78, 5) is 11.9. The fourth-order valence-electron chi connectivity index (χ4n) is 1.57. The van der Waals surface area contributed by atoms with Gasteiger partial charge in [-0.25, -0.2) is 0 Å².